The summed E-state index contributed by atoms with van der Waals surface area (Å²) in [6.45, 7) is 0. The minimum atomic E-state index is 0.716. The number of rotatable bonds is 5. The van der Waals surface area contributed by atoms with Gasteiger partial charge in [-0.05, 0) is 46.5 Å². The molecule has 37 heavy (non-hydrogen) atoms. The van der Waals surface area contributed by atoms with Crippen molar-refractivity contribution in [3.63, 3.8) is 0 Å². The van der Waals surface area contributed by atoms with Crippen molar-refractivity contribution < 1.29 is 0 Å². The molecule has 0 fully saturated rings. The highest BCUT2D eigenvalue weighted by atomic mass is 35.5. The molecule has 0 saturated heterocycles. The lowest BCUT2D eigenvalue weighted by Gasteiger charge is -2.11. The van der Waals surface area contributed by atoms with Crippen LogP contribution in [0.15, 0.2) is 140 Å². The summed E-state index contributed by atoms with van der Waals surface area (Å²) in [6.07, 6.45) is 0. The third-order valence-electron chi connectivity index (χ3n) is 6.36. The van der Waals surface area contributed by atoms with Gasteiger partial charge in [0.05, 0.1) is 11.4 Å². The lowest BCUT2D eigenvalue weighted by atomic mass is 9.98. The van der Waals surface area contributed by atoms with Crippen LogP contribution in [-0.4, -0.2) is 9.97 Å². The largest absolute Gasteiger partial charge is 0.228 e. The van der Waals surface area contributed by atoms with Crippen LogP contribution in [0.1, 0.15) is 0 Å². The summed E-state index contributed by atoms with van der Waals surface area (Å²) < 4.78 is 0. The number of hydrogen-bond acceptors (Lipinski definition) is 2. The van der Waals surface area contributed by atoms with Crippen LogP contribution in [0.5, 0.6) is 0 Å². The first-order valence-corrected chi connectivity index (χ1v) is 12.6. The van der Waals surface area contributed by atoms with Crippen molar-refractivity contribution in [1.82, 2.24) is 9.97 Å². The summed E-state index contributed by atoms with van der Waals surface area (Å²) >= 11 is 6.19. The molecular formula is C34H23ClN2. The van der Waals surface area contributed by atoms with E-state index >= 15 is 0 Å². The summed E-state index contributed by atoms with van der Waals surface area (Å²) in [4.78, 5) is 9.88. The second kappa shape index (κ2) is 10.2. The van der Waals surface area contributed by atoms with Crippen LogP contribution in [0.2, 0.25) is 5.02 Å². The van der Waals surface area contributed by atoms with Crippen molar-refractivity contribution in [3.8, 4) is 56.2 Å². The molecule has 3 heteroatoms. The summed E-state index contributed by atoms with van der Waals surface area (Å²) in [5, 5.41) is 0.740. The molecule has 0 saturated carbocycles. The molecule has 6 rings (SSSR count). The lowest BCUT2D eigenvalue weighted by Crippen LogP contribution is -1.96. The standard InChI is InChI=1S/C34H23ClN2/c35-31-16-8-14-29(22-31)25-19-17-24(18-20-25)28-13-7-15-30(21-28)33-23-32(26-9-3-1-4-10-26)36-34(37-33)27-11-5-2-6-12-27/h1-23H. The van der Waals surface area contributed by atoms with Gasteiger partial charge in [0.2, 0.25) is 0 Å². The van der Waals surface area contributed by atoms with E-state index < -0.39 is 0 Å². The number of nitrogens with zero attached hydrogens (tertiary/aromatic N) is 2. The van der Waals surface area contributed by atoms with Crippen LogP contribution in [0.25, 0.3) is 56.2 Å². The van der Waals surface area contributed by atoms with Crippen molar-refractivity contribution in [1.29, 1.82) is 0 Å². The molecule has 0 aliphatic carbocycles. The van der Waals surface area contributed by atoms with E-state index in [1.165, 1.54) is 0 Å². The van der Waals surface area contributed by atoms with Crippen LogP contribution in [0.4, 0.5) is 0 Å². The van der Waals surface area contributed by atoms with Gasteiger partial charge in [0.1, 0.15) is 0 Å². The lowest BCUT2D eigenvalue weighted by molar-refractivity contribution is 1.18. The minimum Gasteiger partial charge on any atom is -0.228 e. The normalized spacial score (nSPS) is 10.8. The van der Waals surface area contributed by atoms with Gasteiger partial charge >= 0.3 is 0 Å². The second-order valence-electron chi connectivity index (χ2n) is 8.86. The fourth-order valence-electron chi connectivity index (χ4n) is 4.45. The molecule has 6 aromatic rings. The molecule has 0 aliphatic rings. The van der Waals surface area contributed by atoms with E-state index in [9.17, 15) is 0 Å². The molecule has 1 heterocycles. The monoisotopic (exact) mass is 494 g/mol. The molecule has 0 spiro atoms. The first kappa shape index (κ1) is 22.9. The molecule has 0 radical (unpaired) electrons. The molecule has 0 amide bonds. The molecule has 0 aliphatic heterocycles. The van der Waals surface area contributed by atoms with Gasteiger partial charge < -0.3 is 0 Å². The van der Waals surface area contributed by atoms with E-state index in [0.29, 0.717) is 5.82 Å². The highest BCUT2D eigenvalue weighted by Crippen LogP contribution is 2.31. The summed E-state index contributed by atoms with van der Waals surface area (Å²) in [7, 11) is 0. The van der Waals surface area contributed by atoms with Gasteiger partial charge in [-0.15, -0.1) is 0 Å². The van der Waals surface area contributed by atoms with E-state index in [1.807, 2.05) is 66.7 Å². The minimum absolute atomic E-state index is 0.716. The van der Waals surface area contributed by atoms with Gasteiger partial charge in [-0.25, -0.2) is 9.97 Å². The van der Waals surface area contributed by atoms with Crippen molar-refractivity contribution in [3.05, 3.63) is 145 Å². The number of hydrogen-bond donors (Lipinski definition) is 0. The Morgan fingerprint density at radius 3 is 1.46 bits per heavy atom. The van der Waals surface area contributed by atoms with E-state index in [1.54, 1.807) is 0 Å². The van der Waals surface area contributed by atoms with Crippen LogP contribution in [0, 0.1) is 0 Å². The van der Waals surface area contributed by atoms with E-state index in [2.05, 4.69) is 72.8 Å². The Kier molecular flexibility index (Phi) is 6.33. The highest BCUT2D eigenvalue weighted by Gasteiger charge is 2.11. The number of halogens is 1. The third-order valence-corrected chi connectivity index (χ3v) is 6.60. The van der Waals surface area contributed by atoms with Gasteiger partial charge in [-0.3, -0.25) is 0 Å². The first-order chi connectivity index (χ1) is 18.2. The maximum absolute atomic E-state index is 6.19. The van der Waals surface area contributed by atoms with Crippen molar-refractivity contribution in [2.75, 3.05) is 0 Å². The van der Waals surface area contributed by atoms with Crippen molar-refractivity contribution in [2.24, 2.45) is 0 Å². The molecule has 5 aromatic carbocycles. The second-order valence-corrected chi connectivity index (χ2v) is 9.30. The highest BCUT2D eigenvalue weighted by molar-refractivity contribution is 6.30. The topological polar surface area (TPSA) is 25.8 Å². The fourth-order valence-corrected chi connectivity index (χ4v) is 4.64. The maximum Gasteiger partial charge on any atom is 0.160 e. The van der Waals surface area contributed by atoms with Crippen LogP contribution in [0.3, 0.4) is 0 Å². The zero-order valence-corrected chi connectivity index (χ0v) is 20.8. The Labute approximate surface area is 221 Å². The molecule has 2 nitrogen and oxygen atoms in total. The van der Waals surface area contributed by atoms with Gasteiger partial charge in [-0.2, -0.15) is 0 Å². The fraction of sp³-hybridized carbons (Fsp3) is 0. The smallest absolute Gasteiger partial charge is 0.160 e. The van der Waals surface area contributed by atoms with E-state index in [4.69, 9.17) is 21.6 Å². The maximum atomic E-state index is 6.19. The summed E-state index contributed by atoms with van der Waals surface area (Å²) in [6, 6.07) is 47.5. The Morgan fingerprint density at radius 1 is 0.351 bits per heavy atom. The van der Waals surface area contributed by atoms with Crippen LogP contribution >= 0.6 is 11.6 Å². The van der Waals surface area contributed by atoms with Gasteiger partial charge in [0.15, 0.2) is 5.82 Å². The average Bonchev–Trinajstić information content (AvgIpc) is 2.98. The van der Waals surface area contributed by atoms with E-state index in [0.717, 1.165) is 55.4 Å². The summed E-state index contributed by atoms with van der Waals surface area (Å²) in [5.74, 6) is 0.716. The Morgan fingerprint density at radius 2 is 0.838 bits per heavy atom. The molecule has 0 bridgehead atoms. The number of aromatic nitrogens is 2. The SMILES string of the molecule is Clc1cccc(-c2ccc(-c3cccc(-c4cc(-c5ccccc5)nc(-c5ccccc5)n4)c3)cc2)c1. The molecule has 1 aromatic heterocycles. The summed E-state index contributed by atoms with van der Waals surface area (Å²) in [5.41, 5.74) is 9.43. The predicted molar refractivity (Wildman–Crippen MR) is 154 cm³/mol. The van der Waals surface area contributed by atoms with Gasteiger partial charge in [-0.1, -0.05) is 127 Å². The zero-order valence-electron chi connectivity index (χ0n) is 20.1. The van der Waals surface area contributed by atoms with Crippen molar-refractivity contribution in [2.45, 2.75) is 0 Å². The molecule has 0 unspecified atom stereocenters. The Balaban J connectivity index is 1.40. The molecule has 176 valence electrons. The Hall–Kier alpha value is -4.53. The van der Waals surface area contributed by atoms with Gasteiger partial charge in [0.25, 0.3) is 0 Å². The van der Waals surface area contributed by atoms with Crippen LogP contribution < -0.4 is 0 Å². The molecule has 0 N–H and O–H groups in total. The average molecular weight is 495 g/mol. The quantitative estimate of drug-likeness (QED) is 0.238. The van der Waals surface area contributed by atoms with E-state index in [-0.39, 0.29) is 0 Å². The predicted octanol–water partition coefficient (Wildman–Crippen LogP) is 9.46. The molecular weight excluding hydrogens is 472 g/mol. The van der Waals surface area contributed by atoms with Crippen molar-refractivity contribution >= 4 is 11.6 Å². The molecule has 0 atom stereocenters. The van der Waals surface area contributed by atoms with Crippen LogP contribution in [-0.2, 0) is 0 Å². The third kappa shape index (κ3) is 5.06. The Bertz CT molecular complexity index is 1600. The van der Waals surface area contributed by atoms with Gasteiger partial charge in [0, 0.05) is 21.7 Å². The number of benzene rings is 5. The zero-order chi connectivity index (χ0) is 25.0. The first-order valence-electron chi connectivity index (χ1n) is 12.2.